The minimum atomic E-state index is 0.108. The molecule has 0 amide bonds. The van der Waals surface area contributed by atoms with Crippen LogP contribution in [-0.4, -0.2) is 31.3 Å². The third-order valence-corrected chi connectivity index (χ3v) is 2.60. The van der Waals surface area contributed by atoms with Crippen LogP contribution in [0.4, 0.5) is 0 Å². The maximum Gasteiger partial charge on any atom is 0.322 e. The fraction of sp³-hybridized carbons (Fsp3) is 0.400. The zero-order valence-corrected chi connectivity index (χ0v) is 9.71. The predicted octanol–water partition coefficient (Wildman–Crippen LogP) is 1.50. The maximum absolute atomic E-state index is 5.81. The molecule has 0 saturated heterocycles. The number of nitrogens with zero attached hydrogens (tertiary/aromatic N) is 5. The van der Waals surface area contributed by atoms with Gasteiger partial charge in [-0.05, 0) is 36.4 Å². The van der Waals surface area contributed by atoms with Crippen LogP contribution in [0.1, 0.15) is 12.8 Å². The zero-order valence-electron chi connectivity index (χ0n) is 8.95. The van der Waals surface area contributed by atoms with Gasteiger partial charge in [0.2, 0.25) is 5.28 Å². The highest BCUT2D eigenvalue weighted by atomic mass is 35.5. The Morgan fingerprint density at radius 2 is 2.24 bits per heavy atom. The monoisotopic (exact) mass is 251 g/mol. The molecule has 1 fully saturated rings. The maximum atomic E-state index is 5.81. The minimum Gasteiger partial charge on any atom is -0.463 e. The molecule has 17 heavy (non-hydrogen) atoms. The lowest BCUT2D eigenvalue weighted by Crippen LogP contribution is -2.08. The molecule has 88 valence electrons. The second-order valence-electron chi connectivity index (χ2n) is 3.89. The van der Waals surface area contributed by atoms with Crippen LogP contribution in [0, 0.1) is 5.92 Å². The van der Waals surface area contributed by atoms with Gasteiger partial charge in [-0.3, -0.25) is 0 Å². The Balaban J connectivity index is 1.83. The van der Waals surface area contributed by atoms with Crippen molar-refractivity contribution in [3.8, 4) is 12.0 Å². The molecule has 3 rings (SSSR count). The average molecular weight is 252 g/mol. The van der Waals surface area contributed by atoms with Gasteiger partial charge in [-0.1, -0.05) is 0 Å². The first-order valence-corrected chi connectivity index (χ1v) is 5.73. The van der Waals surface area contributed by atoms with Crippen molar-refractivity contribution in [2.24, 2.45) is 5.92 Å². The van der Waals surface area contributed by atoms with Crippen molar-refractivity contribution in [3.63, 3.8) is 0 Å². The van der Waals surface area contributed by atoms with Crippen LogP contribution in [0.2, 0.25) is 5.28 Å². The van der Waals surface area contributed by atoms with Gasteiger partial charge in [0.1, 0.15) is 0 Å². The molecule has 2 heterocycles. The summed E-state index contributed by atoms with van der Waals surface area (Å²) in [4.78, 5) is 12.1. The Kier molecular flexibility index (Phi) is 2.64. The van der Waals surface area contributed by atoms with E-state index in [-0.39, 0.29) is 11.3 Å². The molecule has 1 aliphatic carbocycles. The number of rotatable bonds is 4. The van der Waals surface area contributed by atoms with Crippen molar-refractivity contribution in [1.82, 2.24) is 24.7 Å². The van der Waals surface area contributed by atoms with Crippen LogP contribution >= 0.6 is 11.6 Å². The lowest BCUT2D eigenvalue weighted by Gasteiger charge is -2.05. The molecule has 6 nitrogen and oxygen atoms in total. The zero-order chi connectivity index (χ0) is 11.7. The standard InChI is InChI=1S/C10H10ClN5O/c11-8-13-9(16-5-1-4-12-16)15-10(14-8)17-6-7-2-3-7/h1,4-5,7H,2-3,6H2. The predicted molar refractivity (Wildman–Crippen MR) is 60.2 cm³/mol. The highest BCUT2D eigenvalue weighted by molar-refractivity contribution is 6.28. The molecule has 0 radical (unpaired) electrons. The van der Waals surface area contributed by atoms with Gasteiger partial charge in [0, 0.05) is 12.4 Å². The molecule has 7 heteroatoms. The summed E-state index contributed by atoms with van der Waals surface area (Å²) in [5, 5.41) is 4.13. The van der Waals surface area contributed by atoms with Gasteiger partial charge in [0.25, 0.3) is 5.95 Å². The average Bonchev–Trinajstić information content (AvgIpc) is 2.98. The summed E-state index contributed by atoms with van der Waals surface area (Å²) in [7, 11) is 0. The van der Waals surface area contributed by atoms with E-state index in [1.54, 1.807) is 18.5 Å². The third kappa shape index (κ3) is 2.52. The van der Waals surface area contributed by atoms with Crippen molar-refractivity contribution < 1.29 is 4.74 Å². The van der Waals surface area contributed by atoms with Gasteiger partial charge in [-0.15, -0.1) is 0 Å². The number of ether oxygens (including phenoxy) is 1. The first-order valence-electron chi connectivity index (χ1n) is 5.35. The number of hydrogen-bond acceptors (Lipinski definition) is 5. The van der Waals surface area contributed by atoms with Crippen LogP contribution < -0.4 is 4.74 Å². The summed E-state index contributed by atoms with van der Waals surface area (Å²) >= 11 is 5.81. The number of halogens is 1. The van der Waals surface area contributed by atoms with Gasteiger partial charge < -0.3 is 4.74 Å². The minimum absolute atomic E-state index is 0.108. The summed E-state index contributed by atoms with van der Waals surface area (Å²) in [6.07, 6.45) is 5.80. The second kappa shape index (κ2) is 4.29. The highest BCUT2D eigenvalue weighted by Gasteiger charge is 2.22. The van der Waals surface area contributed by atoms with Crippen molar-refractivity contribution in [2.75, 3.05) is 6.61 Å². The van der Waals surface area contributed by atoms with Crippen molar-refractivity contribution in [3.05, 3.63) is 23.7 Å². The van der Waals surface area contributed by atoms with Crippen LogP contribution in [0.25, 0.3) is 5.95 Å². The molecular weight excluding hydrogens is 242 g/mol. The molecule has 1 aliphatic rings. The summed E-state index contributed by atoms with van der Waals surface area (Å²) < 4.78 is 6.97. The first kappa shape index (κ1) is 10.5. The fourth-order valence-electron chi connectivity index (χ4n) is 1.35. The quantitative estimate of drug-likeness (QED) is 0.824. The summed E-state index contributed by atoms with van der Waals surface area (Å²) in [5.74, 6) is 1.000. The van der Waals surface area contributed by atoms with Gasteiger partial charge >= 0.3 is 6.01 Å². The first-order chi connectivity index (χ1) is 8.31. The molecule has 0 N–H and O–H groups in total. The Hall–Kier alpha value is -1.69. The Bertz CT molecular complexity index is 511. The van der Waals surface area contributed by atoms with Gasteiger partial charge in [0.05, 0.1) is 6.61 Å². The van der Waals surface area contributed by atoms with E-state index in [0.29, 0.717) is 18.5 Å². The molecule has 2 aromatic heterocycles. The van der Waals surface area contributed by atoms with Crippen molar-refractivity contribution in [1.29, 1.82) is 0 Å². The SMILES string of the molecule is Clc1nc(OCC2CC2)nc(-n2cccn2)n1. The molecule has 0 bridgehead atoms. The molecule has 0 spiro atoms. The van der Waals surface area contributed by atoms with Crippen LogP contribution in [0.3, 0.4) is 0 Å². The van der Waals surface area contributed by atoms with Crippen LogP contribution in [-0.2, 0) is 0 Å². The fourth-order valence-corrected chi connectivity index (χ4v) is 1.50. The van der Waals surface area contributed by atoms with Crippen LogP contribution in [0.15, 0.2) is 18.5 Å². The Morgan fingerprint density at radius 3 is 2.94 bits per heavy atom. The molecule has 0 atom stereocenters. The highest BCUT2D eigenvalue weighted by Crippen LogP contribution is 2.29. The largest absolute Gasteiger partial charge is 0.463 e. The van der Waals surface area contributed by atoms with E-state index in [0.717, 1.165) is 0 Å². The smallest absolute Gasteiger partial charge is 0.322 e. The van der Waals surface area contributed by atoms with Crippen molar-refractivity contribution >= 4 is 11.6 Å². The molecule has 0 aliphatic heterocycles. The van der Waals surface area contributed by atoms with Gasteiger partial charge in [-0.2, -0.15) is 20.1 Å². The van der Waals surface area contributed by atoms with E-state index in [2.05, 4.69) is 20.1 Å². The Labute approximate surface area is 103 Å². The van der Waals surface area contributed by atoms with E-state index in [1.165, 1.54) is 17.5 Å². The van der Waals surface area contributed by atoms with E-state index in [4.69, 9.17) is 16.3 Å². The van der Waals surface area contributed by atoms with Gasteiger partial charge in [-0.25, -0.2) is 4.68 Å². The third-order valence-electron chi connectivity index (χ3n) is 2.43. The van der Waals surface area contributed by atoms with Gasteiger partial charge in [0.15, 0.2) is 0 Å². The lowest BCUT2D eigenvalue weighted by atomic mass is 10.5. The van der Waals surface area contributed by atoms with Crippen molar-refractivity contribution in [2.45, 2.75) is 12.8 Å². The number of aromatic nitrogens is 5. The molecule has 2 aromatic rings. The summed E-state index contributed by atoms with van der Waals surface area (Å²) in [6, 6.07) is 2.03. The van der Waals surface area contributed by atoms with Crippen LogP contribution in [0.5, 0.6) is 6.01 Å². The Morgan fingerprint density at radius 1 is 1.35 bits per heavy atom. The molecule has 0 aromatic carbocycles. The second-order valence-corrected chi connectivity index (χ2v) is 4.23. The lowest BCUT2D eigenvalue weighted by molar-refractivity contribution is 0.275. The van der Waals surface area contributed by atoms with E-state index in [9.17, 15) is 0 Å². The topological polar surface area (TPSA) is 65.7 Å². The number of hydrogen-bond donors (Lipinski definition) is 0. The van der Waals surface area contributed by atoms with E-state index in [1.807, 2.05) is 0 Å². The van der Waals surface area contributed by atoms with E-state index >= 15 is 0 Å². The summed E-state index contributed by atoms with van der Waals surface area (Å²) in [6.45, 7) is 0.638. The summed E-state index contributed by atoms with van der Waals surface area (Å²) in [5.41, 5.74) is 0. The molecule has 1 saturated carbocycles. The molecule has 0 unspecified atom stereocenters. The normalized spacial score (nSPS) is 14.9. The van der Waals surface area contributed by atoms with E-state index < -0.39 is 0 Å². The molecular formula is C10H10ClN5O.